The molecule has 0 radical (unpaired) electrons. The average molecular weight is 494 g/mol. The minimum atomic E-state index is -0.392. The fourth-order valence-corrected chi connectivity index (χ4v) is 6.53. The molecule has 0 aromatic heterocycles. The SMILES string of the molecule is Cc1cccc(CN2CCC(CNC(=O)[C@@H]3c4ccccc4C(=O)N4CCc5ccccc5[C@H]34)CC2)c1. The van der Waals surface area contributed by atoms with Crippen molar-refractivity contribution in [2.24, 2.45) is 5.92 Å². The Bertz CT molecular complexity index is 1310. The Morgan fingerprint density at radius 1 is 0.919 bits per heavy atom. The molecule has 2 amide bonds. The van der Waals surface area contributed by atoms with Crippen LogP contribution < -0.4 is 5.32 Å². The Morgan fingerprint density at radius 2 is 1.68 bits per heavy atom. The van der Waals surface area contributed by atoms with E-state index >= 15 is 0 Å². The van der Waals surface area contributed by atoms with Gasteiger partial charge in [0.2, 0.25) is 5.91 Å². The third kappa shape index (κ3) is 4.69. The summed E-state index contributed by atoms with van der Waals surface area (Å²) in [4.78, 5) is 31.7. The number of carbonyl (C=O) groups excluding carboxylic acids is 2. The molecular formula is C32H35N3O2. The highest BCUT2D eigenvalue weighted by molar-refractivity contribution is 6.01. The molecule has 3 aromatic carbocycles. The van der Waals surface area contributed by atoms with Crippen molar-refractivity contribution in [3.05, 3.63) is 106 Å². The second kappa shape index (κ2) is 10.1. The molecule has 3 aliphatic rings. The van der Waals surface area contributed by atoms with Crippen LogP contribution in [0.25, 0.3) is 0 Å². The summed E-state index contributed by atoms with van der Waals surface area (Å²) < 4.78 is 0. The van der Waals surface area contributed by atoms with Crippen molar-refractivity contribution >= 4 is 11.8 Å². The molecule has 3 aliphatic heterocycles. The first-order chi connectivity index (χ1) is 18.1. The van der Waals surface area contributed by atoms with Crippen LogP contribution in [-0.2, 0) is 17.8 Å². The number of nitrogens with zero attached hydrogens (tertiary/aromatic N) is 2. The van der Waals surface area contributed by atoms with Gasteiger partial charge in [0, 0.05) is 25.2 Å². The van der Waals surface area contributed by atoms with Gasteiger partial charge in [-0.2, -0.15) is 0 Å². The van der Waals surface area contributed by atoms with Gasteiger partial charge in [0.05, 0.1) is 12.0 Å². The molecule has 0 saturated carbocycles. The normalized spacial score (nSPS) is 21.6. The summed E-state index contributed by atoms with van der Waals surface area (Å²) in [5.74, 6) is 0.165. The summed E-state index contributed by atoms with van der Waals surface area (Å²) in [5, 5.41) is 3.32. The standard InChI is InChI=1S/C32H35N3O2/c1-22-7-6-8-24(19-22)21-34-16-13-23(14-17-34)20-33-31(36)29-27-11-4-5-12-28(27)32(37)35-18-15-25-9-2-3-10-26(25)30(29)35/h2-12,19,23,29-30H,13-18,20-21H2,1H3,(H,33,36)/t29-,30-/m1/s1. The molecule has 0 aliphatic carbocycles. The lowest BCUT2D eigenvalue weighted by Gasteiger charge is -2.45. The summed E-state index contributed by atoms with van der Waals surface area (Å²) in [6.07, 6.45) is 3.00. The van der Waals surface area contributed by atoms with E-state index in [4.69, 9.17) is 0 Å². The molecule has 0 bridgehead atoms. The van der Waals surface area contributed by atoms with Crippen molar-refractivity contribution in [3.8, 4) is 0 Å². The molecule has 0 unspecified atom stereocenters. The van der Waals surface area contributed by atoms with Crippen molar-refractivity contribution in [2.45, 2.75) is 44.7 Å². The van der Waals surface area contributed by atoms with E-state index in [0.29, 0.717) is 24.6 Å². The minimum Gasteiger partial charge on any atom is -0.355 e. The predicted octanol–water partition coefficient (Wildman–Crippen LogP) is 4.86. The zero-order chi connectivity index (χ0) is 25.4. The minimum absolute atomic E-state index is 0.0360. The third-order valence-electron chi connectivity index (χ3n) is 8.48. The number of likely N-dealkylation sites (tertiary alicyclic amines) is 1. The second-order valence-corrected chi connectivity index (χ2v) is 10.9. The molecule has 6 rings (SSSR count). The Labute approximate surface area is 219 Å². The van der Waals surface area contributed by atoms with Gasteiger partial charge in [-0.3, -0.25) is 14.5 Å². The maximum atomic E-state index is 13.9. The second-order valence-electron chi connectivity index (χ2n) is 10.9. The zero-order valence-electron chi connectivity index (χ0n) is 21.5. The Kier molecular flexibility index (Phi) is 6.56. The maximum Gasteiger partial charge on any atom is 0.254 e. The number of amides is 2. The molecule has 1 saturated heterocycles. The van der Waals surface area contributed by atoms with Gasteiger partial charge in [0.15, 0.2) is 0 Å². The monoisotopic (exact) mass is 493 g/mol. The fraction of sp³-hybridized carbons (Fsp3) is 0.375. The van der Waals surface area contributed by atoms with Crippen LogP contribution in [0.4, 0.5) is 0 Å². The van der Waals surface area contributed by atoms with Gasteiger partial charge in [-0.15, -0.1) is 0 Å². The van der Waals surface area contributed by atoms with E-state index in [1.165, 1.54) is 16.7 Å². The van der Waals surface area contributed by atoms with Gasteiger partial charge in [-0.05, 0) is 73.5 Å². The van der Waals surface area contributed by atoms with Crippen molar-refractivity contribution in [1.29, 1.82) is 0 Å². The van der Waals surface area contributed by atoms with Crippen LogP contribution in [-0.4, -0.2) is 47.8 Å². The molecular weight excluding hydrogens is 458 g/mol. The Hall–Kier alpha value is -3.44. The van der Waals surface area contributed by atoms with Gasteiger partial charge in [-0.1, -0.05) is 72.3 Å². The number of piperidine rings is 1. The number of benzene rings is 3. The molecule has 37 heavy (non-hydrogen) atoms. The lowest BCUT2D eigenvalue weighted by atomic mass is 9.75. The molecule has 2 atom stereocenters. The fourth-order valence-electron chi connectivity index (χ4n) is 6.53. The number of rotatable bonds is 5. The van der Waals surface area contributed by atoms with E-state index in [2.05, 4.69) is 53.5 Å². The van der Waals surface area contributed by atoms with E-state index in [9.17, 15) is 9.59 Å². The first-order valence-corrected chi connectivity index (χ1v) is 13.6. The average Bonchev–Trinajstić information content (AvgIpc) is 2.93. The summed E-state index contributed by atoms with van der Waals surface area (Å²) in [6, 6.07) is 24.5. The van der Waals surface area contributed by atoms with Crippen molar-refractivity contribution in [2.75, 3.05) is 26.2 Å². The smallest absolute Gasteiger partial charge is 0.254 e. The first kappa shape index (κ1) is 23.9. The van der Waals surface area contributed by atoms with E-state index in [1.54, 1.807) is 0 Å². The van der Waals surface area contributed by atoms with Gasteiger partial charge in [0.25, 0.3) is 5.91 Å². The van der Waals surface area contributed by atoms with Gasteiger partial charge >= 0.3 is 0 Å². The van der Waals surface area contributed by atoms with Gasteiger partial charge in [0.1, 0.15) is 0 Å². The number of fused-ring (bicyclic) bond motifs is 4. The number of nitrogens with one attached hydrogen (secondary N) is 1. The first-order valence-electron chi connectivity index (χ1n) is 13.6. The zero-order valence-corrected chi connectivity index (χ0v) is 21.5. The maximum absolute atomic E-state index is 13.9. The van der Waals surface area contributed by atoms with Crippen LogP contribution in [0.5, 0.6) is 0 Å². The van der Waals surface area contributed by atoms with E-state index in [1.807, 2.05) is 41.3 Å². The lowest BCUT2D eigenvalue weighted by Crippen LogP contribution is -2.50. The van der Waals surface area contributed by atoms with Gasteiger partial charge in [-0.25, -0.2) is 0 Å². The Balaban J connectivity index is 1.15. The van der Waals surface area contributed by atoms with Crippen LogP contribution >= 0.6 is 0 Å². The Morgan fingerprint density at radius 3 is 2.49 bits per heavy atom. The molecule has 1 fully saturated rings. The summed E-state index contributed by atoms with van der Waals surface area (Å²) in [5.41, 5.74) is 6.56. The van der Waals surface area contributed by atoms with Crippen LogP contribution in [0.2, 0.25) is 0 Å². The van der Waals surface area contributed by atoms with Crippen LogP contribution in [0.3, 0.4) is 0 Å². The van der Waals surface area contributed by atoms with Crippen molar-refractivity contribution in [1.82, 2.24) is 15.1 Å². The molecule has 3 aromatic rings. The molecule has 5 heteroatoms. The highest BCUT2D eigenvalue weighted by Crippen LogP contribution is 2.45. The van der Waals surface area contributed by atoms with Crippen LogP contribution in [0.15, 0.2) is 72.8 Å². The molecule has 190 valence electrons. The third-order valence-corrected chi connectivity index (χ3v) is 8.48. The topological polar surface area (TPSA) is 52.7 Å². The molecule has 5 nitrogen and oxygen atoms in total. The number of hydrogen-bond acceptors (Lipinski definition) is 3. The summed E-state index contributed by atoms with van der Waals surface area (Å²) in [6.45, 7) is 6.59. The van der Waals surface area contributed by atoms with E-state index in [-0.39, 0.29) is 17.9 Å². The quantitative estimate of drug-likeness (QED) is 0.552. The highest BCUT2D eigenvalue weighted by atomic mass is 16.2. The number of carbonyl (C=O) groups is 2. The predicted molar refractivity (Wildman–Crippen MR) is 145 cm³/mol. The van der Waals surface area contributed by atoms with Crippen molar-refractivity contribution in [3.63, 3.8) is 0 Å². The largest absolute Gasteiger partial charge is 0.355 e. The van der Waals surface area contributed by atoms with Crippen molar-refractivity contribution < 1.29 is 9.59 Å². The van der Waals surface area contributed by atoms with Gasteiger partial charge < -0.3 is 10.2 Å². The number of aryl methyl sites for hydroxylation is 1. The summed E-state index contributed by atoms with van der Waals surface area (Å²) in [7, 11) is 0. The molecule has 3 heterocycles. The number of hydrogen-bond donors (Lipinski definition) is 1. The molecule has 1 N–H and O–H groups in total. The lowest BCUT2D eigenvalue weighted by molar-refractivity contribution is -0.124. The highest BCUT2D eigenvalue weighted by Gasteiger charge is 2.46. The summed E-state index contributed by atoms with van der Waals surface area (Å²) >= 11 is 0. The molecule has 0 spiro atoms. The van der Waals surface area contributed by atoms with Crippen LogP contribution in [0, 0.1) is 12.8 Å². The van der Waals surface area contributed by atoms with E-state index < -0.39 is 5.92 Å². The van der Waals surface area contributed by atoms with Crippen LogP contribution in [0.1, 0.15) is 63.0 Å². The van der Waals surface area contributed by atoms with E-state index in [0.717, 1.165) is 50.0 Å².